The molecule has 0 N–H and O–H groups in total. The van der Waals surface area contributed by atoms with Crippen molar-refractivity contribution in [1.29, 1.82) is 0 Å². The summed E-state index contributed by atoms with van der Waals surface area (Å²) in [5, 5.41) is 1.25. The van der Waals surface area contributed by atoms with Crippen LogP contribution in [0, 0.1) is 6.92 Å². The highest BCUT2D eigenvalue weighted by molar-refractivity contribution is 5.81. The van der Waals surface area contributed by atoms with E-state index in [2.05, 4.69) is 70.3 Å². The number of nitrogens with zero attached hydrogens (tertiary/aromatic N) is 3. The number of aliphatic imine (C=N–C) groups is 1. The number of aromatic nitrogens is 2. The van der Waals surface area contributed by atoms with Gasteiger partial charge < -0.3 is 9.56 Å². The first kappa shape index (κ1) is 27.8. The molecule has 0 aliphatic heterocycles. The van der Waals surface area contributed by atoms with Gasteiger partial charge in [-0.2, -0.15) is 0 Å². The van der Waals surface area contributed by atoms with Gasteiger partial charge in [-0.15, -0.1) is 0 Å². The maximum Gasteiger partial charge on any atom is 0.0704 e. The van der Waals surface area contributed by atoms with Crippen molar-refractivity contribution >= 4 is 17.1 Å². The second kappa shape index (κ2) is 17.6. The Balaban J connectivity index is 0.000000439. The lowest BCUT2D eigenvalue weighted by atomic mass is 10.1. The Kier molecular flexibility index (Phi) is 15.8. The second-order valence-electron chi connectivity index (χ2n) is 6.09. The molecule has 4 aromatic rings. The van der Waals surface area contributed by atoms with Gasteiger partial charge in [0.15, 0.2) is 0 Å². The van der Waals surface area contributed by atoms with E-state index in [1.165, 1.54) is 22.1 Å². The third kappa shape index (κ3) is 10.4. The van der Waals surface area contributed by atoms with Gasteiger partial charge >= 0.3 is 0 Å². The highest BCUT2D eigenvalue weighted by Gasteiger charge is 1.95. The first-order chi connectivity index (χ1) is 15.2. The molecular weight excluding hydrogens is 378 g/mol. The Morgan fingerprint density at radius 3 is 1.90 bits per heavy atom. The average Bonchev–Trinajstić information content (AvgIpc) is 3.29. The number of hydrogen-bond acceptors (Lipinski definition) is 2. The number of benzene rings is 2. The summed E-state index contributed by atoms with van der Waals surface area (Å²) in [6.07, 6.45) is 7.77. The molecule has 3 heteroatoms. The van der Waals surface area contributed by atoms with Crippen molar-refractivity contribution in [2.45, 2.75) is 41.5 Å². The van der Waals surface area contributed by atoms with Gasteiger partial charge in [-0.25, -0.2) is 0 Å². The van der Waals surface area contributed by atoms with Gasteiger partial charge in [0, 0.05) is 38.1 Å². The van der Waals surface area contributed by atoms with E-state index < -0.39 is 0 Å². The first-order valence-electron chi connectivity index (χ1n) is 11.0. The van der Waals surface area contributed by atoms with Crippen LogP contribution in [-0.2, 0) is 7.05 Å². The molecule has 2 aromatic heterocycles. The van der Waals surface area contributed by atoms with Gasteiger partial charge in [-0.3, -0.25) is 4.98 Å². The van der Waals surface area contributed by atoms with E-state index in [1.54, 1.807) is 13.3 Å². The van der Waals surface area contributed by atoms with Crippen LogP contribution in [0.25, 0.3) is 22.0 Å². The van der Waals surface area contributed by atoms with E-state index in [-0.39, 0.29) is 0 Å². The molecule has 0 aliphatic rings. The summed E-state index contributed by atoms with van der Waals surface area (Å²) in [5.74, 6) is 0. The van der Waals surface area contributed by atoms with Crippen LogP contribution in [0.4, 0.5) is 0 Å². The monoisotopic (exact) mass is 417 g/mol. The molecular formula is C28H39N3. The topological polar surface area (TPSA) is 30.2 Å². The van der Waals surface area contributed by atoms with Crippen molar-refractivity contribution in [1.82, 2.24) is 9.55 Å². The molecule has 0 radical (unpaired) electrons. The zero-order chi connectivity index (χ0) is 23.5. The highest BCUT2D eigenvalue weighted by Crippen LogP contribution is 2.18. The summed E-state index contributed by atoms with van der Waals surface area (Å²) in [7, 11) is 3.78. The van der Waals surface area contributed by atoms with Gasteiger partial charge in [0.2, 0.25) is 0 Å². The van der Waals surface area contributed by atoms with E-state index in [0.29, 0.717) is 0 Å². The van der Waals surface area contributed by atoms with Crippen LogP contribution in [-0.4, -0.2) is 22.8 Å². The van der Waals surface area contributed by atoms with E-state index in [9.17, 15) is 0 Å². The Morgan fingerprint density at radius 2 is 1.39 bits per heavy atom. The SMILES string of the molecule is CC.CC.CC=NC.Cc1ccnc2ccccc12.Cn1ccc(-c2ccccc2)c1. The van der Waals surface area contributed by atoms with Gasteiger partial charge in [0.25, 0.3) is 0 Å². The van der Waals surface area contributed by atoms with E-state index in [0.717, 1.165) is 5.52 Å². The van der Waals surface area contributed by atoms with Crippen LogP contribution < -0.4 is 0 Å². The molecule has 0 saturated heterocycles. The number of para-hydroxylation sites is 1. The van der Waals surface area contributed by atoms with Crippen LogP contribution in [0.1, 0.15) is 40.2 Å². The predicted molar refractivity (Wildman–Crippen MR) is 140 cm³/mol. The van der Waals surface area contributed by atoms with Crippen LogP contribution in [0.15, 0.2) is 90.3 Å². The zero-order valence-electron chi connectivity index (χ0n) is 20.5. The quantitative estimate of drug-likeness (QED) is 0.289. The average molecular weight is 418 g/mol. The molecule has 0 aliphatic carbocycles. The lowest BCUT2D eigenvalue weighted by Crippen LogP contribution is -1.79. The minimum Gasteiger partial charge on any atom is -0.357 e. The third-order valence-electron chi connectivity index (χ3n) is 4.06. The molecule has 0 saturated carbocycles. The smallest absolute Gasteiger partial charge is 0.0704 e. The van der Waals surface area contributed by atoms with Crippen LogP contribution >= 0.6 is 0 Å². The summed E-state index contributed by atoms with van der Waals surface area (Å²) in [6, 6.07) is 22.7. The summed E-state index contributed by atoms with van der Waals surface area (Å²) < 4.78 is 2.06. The summed E-state index contributed by atoms with van der Waals surface area (Å²) in [5.41, 5.74) is 4.92. The molecule has 0 amide bonds. The number of fused-ring (bicyclic) bond motifs is 1. The molecule has 166 valence electrons. The van der Waals surface area contributed by atoms with Crippen LogP contribution in [0.5, 0.6) is 0 Å². The zero-order valence-corrected chi connectivity index (χ0v) is 20.5. The molecule has 0 spiro atoms. The van der Waals surface area contributed by atoms with Crippen molar-refractivity contribution in [3.63, 3.8) is 0 Å². The minimum absolute atomic E-state index is 1.08. The number of aryl methyl sites for hydroxylation is 2. The van der Waals surface area contributed by atoms with Crippen LogP contribution in [0.3, 0.4) is 0 Å². The van der Waals surface area contributed by atoms with Crippen molar-refractivity contribution in [3.8, 4) is 11.1 Å². The predicted octanol–water partition coefficient (Wildman–Crippen LogP) is 7.99. The standard InChI is InChI=1S/C11H11N.C10H9N.C3H7N.2C2H6/c1-12-8-7-11(9-12)10-5-3-2-4-6-10;1-8-6-7-11-10-5-3-2-4-9(8)10;1-3-4-2;2*1-2/h2-9H,1H3;2-7H,1H3;3H,1-2H3;2*1-2H3. The third-order valence-corrected chi connectivity index (χ3v) is 4.06. The molecule has 3 nitrogen and oxygen atoms in total. The summed E-state index contributed by atoms with van der Waals surface area (Å²) in [6.45, 7) is 12.0. The van der Waals surface area contributed by atoms with Gasteiger partial charge in [-0.1, -0.05) is 76.2 Å². The van der Waals surface area contributed by atoms with Crippen LogP contribution in [0.2, 0.25) is 0 Å². The Bertz CT molecular complexity index is 960. The van der Waals surface area contributed by atoms with Crippen molar-refractivity contribution < 1.29 is 0 Å². The number of pyridine rings is 1. The van der Waals surface area contributed by atoms with Gasteiger partial charge in [0.05, 0.1) is 5.52 Å². The number of rotatable bonds is 1. The Labute approximate surface area is 189 Å². The lowest BCUT2D eigenvalue weighted by Gasteiger charge is -1.97. The molecule has 0 unspecified atom stereocenters. The summed E-state index contributed by atoms with van der Waals surface area (Å²) >= 11 is 0. The fourth-order valence-corrected chi connectivity index (χ4v) is 2.54. The fourth-order valence-electron chi connectivity index (χ4n) is 2.54. The second-order valence-corrected chi connectivity index (χ2v) is 6.09. The van der Waals surface area contributed by atoms with Gasteiger partial charge in [0.1, 0.15) is 0 Å². The highest BCUT2D eigenvalue weighted by atomic mass is 14.9. The Morgan fingerprint density at radius 1 is 0.806 bits per heavy atom. The lowest BCUT2D eigenvalue weighted by molar-refractivity contribution is 0.928. The molecule has 0 bridgehead atoms. The van der Waals surface area contributed by atoms with E-state index in [1.807, 2.05) is 78.2 Å². The minimum atomic E-state index is 1.08. The van der Waals surface area contributed by atoms with Crippen molar-refractivity contribution in [2.24, 2.45) is 12.0 Å². The largest absolute Gasteiger partial charge is 0.357 e. The fraction of sp³-hybridized carbons (Fsp3) is 0.286. The first-order valence-corrected chi connectivity index (χ1v) is 11.0. The number of hydrogen-bond donors (Lipinski definition) is 0. The molecule has 2 aromatic carbocycles. The molecule has 0 atom stereocenters. The van der Waals surface area contributed by atoms with E-state index >= 15 is 0 Å². The van der Waals surface area contributed by atoms with E-state index in [4.69, 9.17) is 0 Å². The maximum atomic E-state index is 4.24. The molecule has 31 heavy (non-hydrogen) atoms. The van der Waals surface area contributed by atoms with Gasteiger partial charge in [-0.05, 0) is 55.0 Å². The van der Waals surface area contributed by atoms with Crippen molar-refractivity contribution in [2.75, 3.05) is 7.05 Å². The maximum absolute atomic E-state index is 4.24. The Hall–Kier alpha value is -3.20. The molecule has 2 heterocycles. The normalized spacial score (nSPS) is 9.16. The molecule has 4 rings (SSSR count). The molecule has 0 fully saturated rings. The summed E-state index contributed by atoms with van der Waals surface area (Å²) in [4.78, 5) is 7.85. The van der Waals surface area contributed by atoms with Crippen molar-refractivity contribution in [3.05, 3.63) is 90.9 Å².